The van der Waals surface area contributed by atoms with Crippen LogP contribution in [0.1, 0.15) is 100 Å². The maximum Gasteiger partial charge on any atom is 0.319 e. The van der Waals surface area contributed by atoms with Gasteiger partial charge in [-0.25, -0.2) is 4.79 Å². The topological polar surface area (TPSA) is 112 Å². The summed E-state index contributed by atoms with van der Waals surface area (Å²) in [4.78, 5) is 28.8. The number of nitrogens with zero attached hydrogens (tertiary/aromatic N) is 1. The average molecular weight is 669 g/mol. The smallest absolute Gasteiger partial charge is 0.319 e. The first-order valence-corrected chi connectivity index (χ1v) is 17.9. The Kier molecular flexibility index (Phi) is 11.3. The quantitative estimate of drug-likeness (QED) is 0.196. The number of nitrogens with one attached hydrogen (secondary N) is 3. The lowest BCUT2D eigenvalue weighted by atomic mass is 9.75. The summed E-state index contributed by atoms with van der Waals surface area (Å²) in [5.41, 5.74) is 4.13. The van der Waals surface area contributed by atoms with Crippen molar-refractivity contribution in [1.29, 1.82) is 0 Å². The molecule has 262 valence electrons. The minimum atomic E-state index is -0.629. The lowest BCUT2D eigenvalue weighted by molar-refractivity contribution is -0.255. The molecule has 9 heteroatoms. The molecule has 3 aromatic rings. The van der Waals surface area contributed by atoms with Crippen LogP contribution in [0.4, 0.5) is 10.5 Å². The average Bonchev–Trinajstić information content (AvgIpc) is 3.11. The minimum absolute atomic E-state index is 0.0135. The van der Waals surface area contributed by atoms with E-state index in [4.69, 9.17) is 9.47 Å². The molecule has 0 unspecified atom stereocenters. The van der Waals surface area contributed by atoms with Crippen molar-refractivity contribution in [2.24, 2.45) is 5.92 Å². The zero-order valence-corrected chi connectivity index (χ0v) is 29.1. The maximum atomic E-state index is 13.7. The number of hydrogen-bond acceptors (Lipinski definition) is 6. The summed E-state index contributed by atoms with van der Waals surface area (Å²) >= 11 is 0. The number of amides is 3. The number of hydrogen-bond donors (Lipinski definition) is 4. The normalized spacial score (nSPS) is 26.0. The Morgan fingerprint density at radius 3 is 2.27 bits per heavy atom. The molecule has 0 bridgehead atoms. The number of anilines is 1. The number of rotatable bonds is 9. The molecule has 0 radical (unpaired) electrons. The van der Waals surface area contributed by atoms with Crippen LogP contribution < -0.4 is 16.0 Å². The highest BCUT2D eigenvalue weighted by Gasteiger charge is 2.44. The van der Waals surface area contributed by atoms with Gasteiger partial charge in [0.2, 0.25) is 5.91 Å². The molecule has 6 atom stereocenters. The van der Waals surface area contributed by atoms with E-state index >= 15 is 0 Å². The number of piperidine rings is 1. The summed E-state index contributed by atoms with van der Waals surface area (Å²) in [6.07, 6.45) is 6.34. The van der Waals surface area contributed by atoms with Gasteiger partial charge in [-0.05, 0) is 81.2 Å². The van der Waals surface area contributed by atoms with Crippen molar-refractivity contribution in [3.8, 4) is 0 Å². The van der Waals surface area contributed by atoms with Crippen molar-refractivity contribution in [2.75, 3.05) is 11.9 Å². The van der Waals surface area contributed by atoms with Gasteiger partial charge in [0.15, 0.2) is 6.29 Å². The van der Waals surface area contributed by atoms with Crippen LogP contribution in [0.5, 0.6) is 0 Å². The molecule has 2 aliphatic heterocycles. The van der Waals surface area contributed by atoms with Gasteiger partial charge >= 0.3 is 6.03 Å². The molecule has 3 aromatic carbocycles. The summed E-state index contributed by atoms with van der Waals surface area (Å²) in [5.74, 6) is 0.710. The monoisotopic (exact) mass is 668 g/mol. The van der Waals surface area contributed by atoms with E-state index in [9.17, 15) is 14.7 Å². The van der Waals surface area contributed by atoms with Gasteiger partial charge in [-0.1, -0.05) is 79.6 Å². The first kappa shape index (κ1) is 35.1. The highest BCUT2D eigenvalue weighted by molar-refractivity contribution is 5.89. The molecular weight excluding hydrogens is 616 g/mol. The van der Waals surface area contributed by atoms with E-state index in [0.29, 0.717) is 37.2 Å². The number of likely N-dealkylation sites (tertiary alicyclic amines) is 1. The maximum absolute atomic E-state index is 13.7. The second-order valence-electron chi connectivity index (χ2n) is 14.9. The van der Waals surface area contributed by atoms with E-state index in [1.165, 1.54) is 19.3 Å². The van der Waals surface area contributed by atoms with Crippen molar-refractivity contribution in [3.63, 3.8) is 0 Å². The van der Waals surface area contributed by atoms with Crippen LogP contribution in [0.2, 0.25) is 0 Å². The summed E-state index contributed by atoms with van der Waals surface area (Å²) in [5, 5.41) is 18.7. The molecule has 49 heavy (non-hydrogen) atoms. The van der Waals surface area contributed by atoms with E-state index in [2.05, 4.69) is 20.9 Å². The molecule has 2 saturated heterocycles. The number of fused-ring (bicyclic) bond motifs is 1. The third-order valence-corrected chi connectivity index (χ3v) is 10.1. The Bertz CT molecular complexity index is 1520. The van der Waals surface area contributed by atoms with Crippen molar-refractivity contribution >= 4 is 17.6 Å². The van der Waals surface area contributed by atoms with Crippen LogP contribution in [-0.2, 0) is 27.4 Å². The Hall–Kier alpha value is -3.76. The van der Waals surface area contributed by atoms with Crippen molar-refractivity contribution < 1.29 is 24.2 Å². The van der Waals surface area contributed by atoms with Gasteiger partial charge in [-0.3, -0.25) is 9.69 Å². The van der Waals surface area contributed by atoms with Crippen molar-refractivity contribution in [2.45, 2.75) is 115 Å². The lowest BCUT2D eigenvalue weighted by Crippen LogP contribution is -2.61. The van der Waals surface area contributed by atoms with E-state index in [1.807, 2.05) is 99.6 Å². The zero-order valence-electron chi connectivity index (χ0n) is 29.1. The van der Waals surface area contributed by atoms with Crippen molar-refractivity contribution in [3.05, 3.63) is 101 Å². The Labute approximate surface area is 290 Å². The first-order chi connectivity index (χ1) is 23.6. The number of aliphatic hydroxyl groups is 1. The molecule has 6 rings (SSSR count). The second kappa shape index (κ2) is 15.9. The molecule has 4 N–H and O–H groups in total. The van der Waals surface area contributed by atoms with E-state index < -0.39 is 6.29 Å². The Balaban J connectivity index is 1.20. The Morgan fingerprint density at radius 1 is 0.837 bits per heavy atom. The van der Waals surface area contributed by atoms with Crippen LogP contribution in [0.3, 0.4) is 0 Å². The van der Waals surface area contributed by atoms with Gasteiger partial charge in [-0.2, -0.15) is 0 Å². The highest BCUT2D eigenvalue weighted by atomic mass is 16.7. The lowest BCUT2D eigenvalue weighted by Gasteiger charge is -2.50. The molecule has 3 aliphatic rings. The SMILES string of the molecule is CC(C)(C)NC(=O)[C@H]1CC[C@H]2CCCC[C@H]2N1C[C@@H]1C[C@H](c2ccc(CO)cc2)O[C@H](c2ccc(NC(=O)NCc3ccccc3)cc2)O1. The third-order valence-electron chi connectivity index (χ3n) is 10.1. The number of carbonyl (C=O) groups is 2. The first-order valence-electron chi connectivity index (χ1n) is 17.9. The van der Waals surface area contributed by atoms with Crippen LogP contribution >= 0.6 is 0 Å². The summed E-state index contributed by atoms with van der Waals surface area (Å²) in [6.45, 7) is 7.19. The van der Waals surface area contributed by atoms with E-state index in [-0.39, 0.29) is 42.3 Å². The fourth-order valence-corrected chi connectivity index (χ4v) is 7.67. The second-order valence-corrected chi connectivity index (χ2v) is 14.9. The van der Waals surface area contributed by atoms with Crippen LogP contribution in [0, 0.1) is 5.92 Å². The number of carbonyl (C=O) groups excluding carboxylic acids is 2. The van der Waals surface area contributed by atoms with Gasteiger partial charge < -0.3 is 30.5 Å². The molecule has 9 nitrogen and oxygen atoms in total. The van der Waals surface area contributed by atoms with Crippen molar-refractivity contribution in [1.82, 2.24) is 15.5 Å². The van der Waals surface area contributed by atoms with Gasteiger partial charge in [0.25, 0.3) is 0 Å². The summed E-state index contributed by atoms with van der Waals surface area (Å²) < 4.78 is 13.4. The van der Waals surface area contributed by atoms with Crippen LogP contribution in [0.25, 0.3) is 0 Å². The minimum Gasteiger partial charge on any atom is -0.392 e. The molecule has 1 saturated carbocycles. The molecule has 3 fully saturated rings. The zero-order chi connectivity index (χ0) is 34.4. The van der Waals surface area contributed by atoms with Crippen LogP contribution in [-0.4, -0.2) is 52.2 Å². The van der Waals surface area contributed by atoms with Gasteiger partial charge in [0, 0.05) is 42.3 Å². The highest BCUT2D eigenvalue weighted by Crippen LogP contribution is 2.42. The molecule has 1 aliphatic carbocycles. The van der Waals surface area contributed by atoms with Gasteiger partial charge in [0.1, 0.15) is 0 Å². The third kappa shape index (κ3) is 9.28. The van der Waals surface area contributed by atoms with E-state index in [0.717, 1.165) is 41.5 Å². The number of ether oxygens (including phenoxy) is 2. The van der Waals surface area contributed by atoms with E-state index in [1.54, 1.807) is 0 Å². The predicted octanol–water partition coefficient (Wildman–Crippen LogP) is 6.98. The number of benzene rings is 3. The standard InChI is InChI=1S/C40H52N4O5/c1-40(2,3)43-37(46)35-22-19-29-11-7-8-12-34(29)44(35)25-33-23-36(30-15-13-28(26-45)14-16-30)49-38(48-33)31-17-20-32(21-18-31)42-39(47)41-24-27-9-5-4-6-10-27/h4-6,9-10,13-18,20-21,29,33-36,38,45H,7-8,11-12,19,22-26H2,1-3H3,(H,43,46)(H2,41,42,47)/t29-,33+,34-,35-,36-,38-/m1/s1. The molecule has 2 heterocycles. The van der Waals surface area contributed by atoms with Crippen LogP contribution in [0.15, 0.2) is 78.9 Å². The van der Waals surface area contributed by atoms with Gasteiger partial charge in [0.05, 0.1) is 24.9 Å². The molecular formula is C40H52N4O5. The summed E-state index contributed by atoms with van der Waals surface area (Å²) in [7, 11) is 0. The molecule has 0 aromatic heterocycles. The predicted molar refractivity (Wildman–Crippen MR) is 191 cm³/mol. The largest absolute Gasteiger partial charge is 0.392 e. The van der Waals surface area contributed by atoms with Gasteiger partial charge in [-0.15, -0.1) is 0 Å². The summed E-state index contributed by atoms with van der Waals surface area (Å²) in [6, 6.07) is 25.2. The fourth-order valence-electron chi connectivity index (χ4n) is 7.67. The molecule has 0 spiro atoms. The Morgan fingerprint density at radius 2 is 1.55 bits per heavy atom. The molecule has 3 amide bonds. The number of aliphatic hydroxyl groups excluding tert-OH is 1. The fraction of sp³-hybridized carbons (Fsp3) is 0.500. The number of urea groups is 1.